The Kier molecular flexibility index (Phi) is 4.85. The van der Waals surface area contributed by atoms with Gasteiger partial charge in [0.1, 0.15) is 11.5 Å². The highest BCUT2D eigenvalue weighted by Gasteiger charge is 2.24. The van der Waals surface area contributed by atoms with Crippen LogP contribution >= 0.6 is 0 Å². The van der Waals surface area contributed by atoms with Gasteiger partial charge in [0.2, 0.25) is 5.88 Å². The van der Waals surface area contributed by atoms with E-state index < -0.39 is 0 Å². The Morgan fingerprint density at radius 1 is 0.781 bits per heavy atom. The monoisotopic (exact) mass is 420 g/mol. The minimum atomic E-state index is 0.320. The Hall–Kier alpha value is -4.50. The topological polar surface area (TPSA) is 74.7 Å². The first-order valence-corrected chi connectivity index (χ1v) is 10.1. The molecule has 0 atom stereocenters. The number of fused-ring (bicyclic) bond motifs is 1. The fourth-order valence-electron chi connectivity index (χ4n) is 3.79. The molecular formula is C26H20N4O2. The molecule has 0 amide bonds. The number of nitrogen functional groups attached to an aromatic ring is 1. The molecule has 0 radical (unpaired) electrons. The van der Waals surface area contributed by atoms with Gasteiger partial charge in [0.25, 0.3) is 0 Å². The third-order valence-corrected chi connectivity index (χ3v) is 5.26. The van der Waals surface area contributed by atoms with Gasteiger partial charge in [-0.1, -0.05) is 66.7 Å². The lowest BCUT2D eigenvalue weighted by atomic mass is 10.0. The van der Waals surface area contributed by atoms with E-state index in [1.165, 1.54) is 0 Å². The molecule has 0 unspecified atom stereocenters. The van der Waals surface area contributed by atoms with Crippen molar-refractivity contribution in [2.45, 2.75) is 0 Å². The zero-order chi connectivity index (χ0) is 22.1. The minimum absolute atomic E-state index is 0.320. The number of ether oxygens (including phenoxy) is 2. The SMILES string of the molecule is COc1c#cc(-c2c(N)nc3c(-c4ccccc4)c(-c4ccccc4)nn3c2OC)cc1. The van der Waals surface area contributed by atoms with E-state index in [9.17, 15) is 0 Å². The van der Waals surface area contributed by atoms with E-state index in [1.54, 1.807) is 24.8 Å². The first kappa shape index (κ1) is 19.5. The van der Waals surface area contributed by atoms with E-state index in [1.807, 2.05) is 66.7 Å². The summed E-state index contributed by atoms with van der Waals surface area (Å²) in [6, 6.07) is 29.7. The maximum atomic E-state index is 6.46. The van der Waals surface area contributed by atoms with Crippen molar-refractivity contribution in [1.82, 2.24) is 14.6 Å². The predicted molar refractivity (Wildman–Crippen MR) is 124 cm³/mol. The normalized spacial score (nSPS) is 10.7. The molecule has 0 fully saturated rings. The van der Waals surface area contributed by atoms with Gasteiger partial charge in [0.05, 0.1) is 25.3 Å². The molecule has 0 spiro atoms. The number of hydrogen-bond donors (Lipinski definition) is 1. The molecule has 6 nitrogen and oxygen atoms in total. The zero-order valence-electron chi connectivity index (χ0n) is 17.7. The molecule has 3 aromatic carbocycles. The molecule has 0 aliphatic carbocycles. The summed E-state index contributed by atoms with van der Waals surface area (Å²) in [7, 11) is 3.18. The smallest absolute Gasteiger partial charge is 0.228 e. The highest BCUT2D eigenvalue weighted by molar-refractivity contribution is 5.93. The highest BCUT2D eigenvalue weighted by Crippen LogP contribution is 2.40. The molecule has 2 heterocycles. The number of rotatable bonds is 5. The van der Waals surface area contributed by atoms with Crippen LogP contribution in [0.5, 0.6) is 11.6 Å². The van der Waals surface area contributed by atoms with E-state index >= 15 is 0 Å². The summed E-state index contributed by atoms with van der Waals surface area (Å²) in [4.78, 5) is 4.76. The van der Waals surface area contributed by atoms with Crippen molar-refractivity contribution >= 4 is 11.5 Å². The third-order valence-electron chi connectivity index (χ3n) is 5.26. The van der Waals surface area contributed by atoms with Crippen LogP contribution < -0.4 is 15.2 Å². The molecule has 0 aliphatic heterocycles. The Balaban J connectivity index is 1.84. The van der Waals surface area contributed by atoms with Crippen molar-refractivity contribution in [3.63, 3.8) is 0 Å². The number of methoxy groups -OCH3 is 2. The van der Waals surface area contributed by atoms with Crippen molar-refractivity contribution in [2.75, 3.05) is 20.0 Å². The molecule has 0 saturated carbocycles. The van der Waals surface area contributed by atoms with Crippen LogP contribution in [0.15, 0.2) is 72.8 Å². The Morgan fingerprint density at radius 2 is 1.47 bits per heavy atom. The molecule has 0 bridgehead atoms. The summed E-state index contributed by atoms with van der Waals surface area (Å²) in [6.45, 7) is 0. The number of hydrogen-bond acceptors (Lipinski definition) is 5. The maximum absolute atomic E-state index is 6.46. The maximum Gasteiger partial charge on any atom is 0.228 e. The second-order valence-electron chi connectivity index (χ2n) is 7.14. The van der Waals surface area contributed by atoms with Crippen LogP contribution in [0, 0.1) is 12.1 Å². The van der Waals surface area contributed by atoms with Crippen LogP contribution in [0.2, 0.25) is 0 Å². The predicted octanol–water partition coefficient (Wildman–Crippen LogP) is 4.93. The molecule has 156 valence electrons. The van der Waals surface area contributed by atoms with E-state index in [-0.39, 0.29) is 0 Å². The number of benzene rings is 2. The van der Waals surface area contributed by atoms with Crippen LogP contribution in [0.25, 0.3) is 39.2 Å². The summed E-state index contributed by atoms with van der Waals surface area (Å²) >= 11 is 0. The second kappa shape index (κ2) is 7.97. The molecule has 0 aliphatic rings. The van der Waals surface area contributed by atoms with Crippen LogP contribution in [-0.4, -0.2) is 28.8 Å². The van der Waals surface area contributed by atoms with E-state index in [2.05, 4.69) is 12.1 Å². The molecule has 2 N–H and O–H groups in total. The molecule has 5 aromatic rings. The quantitative estimate of drug-likeness (QED) is 0.436. The Morgan fingerprint density at radius 3 is 2.06 bits per heavy atom. The lowest BCUT2D eigenvalue weighted by molar-refractivity contribution is 0.387. The summed E-state index contributed by atoms with van der Waals surface area (Å²) in [5, 5.41) is 4.92. The fourth-order valence-corrected chi connectivity index (χ4v) is 3.79. The van der Waals surface area contributed by atoms with E-state index in [0.29, 0.717) is 34.2 Å². The van der Waals surface area contributed by atoms with Crippen molar-refractivity contribution in [1.29, 1.82) is 0 Å². The van der Waals surface area contributed by atoms with Crippen LogP contribution in [0.4, 0.5) is 5.82 Å². The van der Waals surface area contributed by atoms with Gasteiger partial charge in [-0.2, -0.15) is 9.61 Å². The molecule has 6 heteroatoms. The largest absolute Gasteiger partial charge is 0.489 e. The molecular weight excluding hydrogens is 400 g/mol. The zero-order valence-corrected chi connectivity index (χ0v) is 17.7. The van der Waals surface area contributed by atoms with Crippen molar-refractivity contribution in [3.05, 3.63) is 84.9 Å². The summed E-state index contributed by atoms with van der Waals surface area (Å²) in [6.07, 6.45) is 0. The third kappa shape index (κ3) is 3.17. The standard InChI is InChI=1S/C26H20N4O2/c1-31-20-15-13-18(14-16-20)22-24(27)28-25-21(17-9-5-3-6-10-17)23(19-11-7-4-8-12-19)29-30(25)26(22)32-2/h3-13,15H,1-2H3,(H2,27,28). The molecule has 5 rings (SSSR count). The van der Waals surface area contributed by atoms with Crippen molar-refractivity contribution in [3.8, 4) is 45.1 Å². The van der Waals surface area contributed by atoms with Crippen molar-refractivity contribution in [2.24, 2.45) is 0 Å². The molecule has 0 saturated heterocycles. The van der Waals surface area contributed by atoms with E-state index in [4.69, 9.17) is 25.3 Å². The molecule has 2 aromatic heterocycles. The molecule has 32 heavy (non-hydrogen) atoms. The van der Waals surface area contributed by atoms with Crippen LogP contribution in [0.3, 0.4) is 0 Å². The number of nitrogens with zero attached hydrogens (tertiary/aromatic N) is 3. The van der Waals surface area contributed by atoms with Gasteiger partial charge < -0.3 is 15.2 Å². The van der Waals surface area contributed by atoms with E-state index in [0.717, 1.165) is 22.4 Å². The van der Waals surface area contributed by atoms with Gasteiger partial charge in [-0.15, -0.1) is 0 Å². The lowest BCUT2D eigenvalue weighted by Crippen LogP contribution is -2.05. The van der Waals surface area contributed by atoms with Gasteiger partial charge in [0.15, 0.2) is 11.4 Å². The lowest BCUT2D eigenvalue weighted by Gasteiger charge is -2.12. The van der Waals surface area contributed by atoms with Gasteiger partial charge in [-0.3, -0.25) is 0 Å². The minimum Gasteiger partial charge on any atom is -0.489 e. The van der Waals surface area contributed by atoms with Crippen LogP contribution in [0.1, 0.15) is 0 Å². The average Bonchev–Trinajstić information content (AvgIpc) is 3.23. The Labute approximate surface area is 185 Å². The number of aromatic nitrogens is 3. The Bertz CT molecular complexity index is 1380. The van der Waals surface area contributed by atoms with Gasteiger partial charge in [-0.25, -0.2) is 4.98 Å². The fraction of sp³-hybridized carbons (Fsp3) is 0.0769. The van der Waals surface area contributed by atoms with Gasteiger partial charge in [-0.05, 0) is 23.8 Å². The number of anilines is 1. The first-order chi connectivity index (χ1) is 15.7. The van der Waals surface area contributed by atoms with Gasteiger partial charge >= 0.3 is 0 Å². The van der Waals surface area contributed by atoms with Crippen molar-refractivity contribution < 1.29 is 9.47 Å². The summed E-state index contributed by atoms with van der Waals surface area (Å²) in [5.41, 5.74) is 12.0. The highest BCUT2D eigenvalue weighted by atomic mass is 16.5. The second-order valence-corrected chi connectivity index (χ2v) is 7.14. The summed E-state index contributed by atoms with van der Waals surface area (Å²) < 4.78 is 12.7. The van der Waals surface area contributed by atoms with Crippen LogP contribution in [-0.2, 0) is 0 Å². The van der Waals surface area contributed by atoms with Gasteiger partial charge in [0, 0.05) is 11.1 Å². The average molecular weight is 420 g/mol. The number of nitrogens with two attached hydrogens (primary N) is 1. The first-order valence-electron chi connectivity index (χ1n) is 10.1. The summed E-state index contributed by atoms with van der Waals surface area (Å²) in [5.74, 6) is 1.37.